The Morgan fingerprint density at radius 2 is 1.25 bits per heavy atom. The predicted molar refractivity (Wildman–Crippen MR) is 119 cm³/mol. The monoisotopic (exact) mass is 436 g/mol. The summed E-state index contributed by atoms with van der Waals surface area (Å²) in [4.78, 5) is 11.6. The Bertz CT molecular complexity index is 1170. The molecule has 0 aliphatic rings. The van der Waals surface area contributed by atoms with Crippen LogP contribution in [0.1, 0.15) is 13.8 Å². The molecule has 0 fully saturated rings. The number of hydrogen-bond acceptors (Lipinski definition) is 4. The summed E-state index contributed by atoms with van der Waals surface area (Å²) in [6.07, 6.45) is -1.15. The van der Waals surface area contributed by atoms with E-state index in [1.165, 1.54) is 43.3 Å². The summed E-state index contributed by atoms with van der Waals surface area (Å²) in [6, 6.07) is 15.3. The Labute approximate surface area is 185 Å². The second kappa shape index (κ2) is 9.58. The van der Waals surface area contributed by atoms with Gasteiger partial charge in [-0.25, -0.2) is 13.6 Å². The first kappa shape index (κ1) is 22.9. The van der Waals surface area contributed by atoms with Gasteiger partial charge >= 0.3 is 5.97 Å². The molecule has 0 aliphatic carbocycles. The highest BCUT2D eigenvalue weighted by molar-refractivity contribution is 5.88. The summed E-state index contributed by atoms with van der Waals surface area (Å²) >= 11 is 0. The molecule has 1 atom stereocenters. The third-order valence-electron chi connectivity index (χ3n) is 4.64. The van der Waals surface area contributed by atoms with Crippen LogP contribution >= 0.6 is 0 Å². The number of esters is 1. The fraction of sp³-hybridized carbons (Fsp3) is 0.115. The molecule has 0 heterocycles. The lowest BCUT2D eigenvalue weighted by molar-refractivity contribution is -0.130. The zero-order valence-corrected chi connectivity index (χ0v) is 17.7. The van der Waals surface area contributed by atoms with Crippen LogP contribution in [0.4, 0.5) is 8.78 Å². The number of aliphatic hydroxyl groups is 1. The summed E-state index contributed by atoms with van der Waals surface area (Å²) in [5, 5.41) is 9.71. The van der Waals surface area contributed by atoms with Crippen molar-refractivity contribution in [3.05, 3.63) is 96.6 Å². The van der Waals surface area contributed by atoms with Crippen molar-refractivity contribution in [1.29, 1.82) is 0 Å². The van der Waals surface area contributed by atoms with Gasteiger partial charge in [-0.3, -0.25) is 0 Å². The molecular weight excluding hydrogens is 414 g/mol. The Balaban J connectivity index is 1.83. The Hall–Kier alpha value is -3.77. The summed E-state index contributed by atoms with van der Waals surface area (Å²) in [6.45, 7) is 10.3. The molecule has 6 heteroatoms. The Kier molecular flexibility index (Phi) is 6.85. The van der Waals surface area contributed by atoms with E-state index >= 15 is 0 Å². The van der Waals surface area contributed by atoms with Crippen LogP contribution in [0.2, 0.25) is 0 Å². The van der Waals surface area contributed by atoms with Crippen LogP contribution in [0.3, 0.4) is 0 Å². The fourth-order valence-electron chi connectivity index (χ4n) is 2.83. The van der Waals surface area contributed by atoms with Crippen LogP contribution in [0.15, 0.2) is 85.0 Å². The second-order valence-electron chi connectivity index (χ2n) is 7.32. The van der Waals surface area contributed by atoms with Crippen LogP contribution in [0, 0.1) is 11.6 Å². The van der Waals surface area contributed by atoms with E-state index in [9.17, 15) is 18.7 Å². The van der Waals surface area contributed by atoms with E-state index in [-0.39, 0.29) is 22.4 Å². The maximum Gasteiger partial charge on any atom is 0.338 e. The van der Waals surface area contributed by atoms with Gasteiger partial charge in [0.05, 0.1) is 0 Å². The van der Waals surface area contributed by atoms with E-state index in [0.29, 0.717) is 22.4 Å². The van der Waals surface area contributed by atoms with Gasteiger partial charge in [0.1, 0.15) is 11.5 Å². The quantitative estimate of drug-likeness (QED) is 0.161. The average molecular weight is 436 g/mol. The van der Waals surface area contributed by atoms with Crippen molar-refractivity contribution >= 4 is 5.97 Å². The minimum absolute atomic E-state index is 0.0774. The van der Waals surface area contributed by atoms with Crippen molar-refractivity contribution < 1.29 is 28.2 Å². The molecule has 164 valence electrons. The van der Waals surface area contributed by atoms with Gasteiger partial charge in [-0.05, 0) is 54.8 Å². The summed E-state index contributed by atoms with van der Waals surface area (Å²) in [5.41, 5.74) is 1.75. The third-order valence-corrected chi connectivity index (χ3v) is 4.64. The highest BCUT2D eigenvalue weighted by Crippen LogP contribution is 2.33. The first-order valence-electron chi connectivity index (χ1n) is 9.74. The average Bonchev–Trinajstić information content (AvgIpc) is 2.77. The van der Waals surface area contributed by atoms with Crippen molar-refractivity contribution in [3.8, 4) is 33.8 Å². The molecule has 0 aliphatic heterocycles. The first-order valence-corrected chi connectivity index (χ1v) is 9.74. The normalized spacial score (nSPS) is 11.5. The van der Waals surface area contributed by atoms with Gasteiger partial charge in [-0.2, -0.15) is 0 Å². The smallest absolute Gasteiger partial charge is 0.338 e. The number of hydrogen-bond donors (Lipinski definition) is 1. The van der Waals surface area contributed by atoms with Gasteiger partial charge < -0.3 is 14.6 Å². The molecule has 0 aromatic heterocycles. The van der Waals surface area contributed by atoms with E-state index < -0.39 is 23.9 Å². The van der Waals surface area contributed by atoms with E-state index in [1.807, 2.05) is 0 Å². The topological polar surface area (TPSA) is 55.8 Å². The molecule has 1 N–H and O–H groups in total. The Morgan fingerprint density at radius 1 is 0.812 bits per heavy atom. The number of ether oxygens (including phenoxy) is 2. The molecule has 0 bridgehead atoms. The van der Waals surface area contributed by atoms with Crippen molar-refractivity contribution in [2.75, 3.05) is 0 Å². The zero-order chi connectivity index (χ0) is 23.4. The van der Waals surface area contributed by atoms with Crippen molar-refractivity contribution in [3.63, 3.8) is 0 Å². The first-order chi connectivity index (χ1) is 15.2. The SMILES string of the molecule is C=C(C)C(=O)Oc1ccc(-c2ccc(-c3ccc(OC(O)C(=C)C)cc3)c(F)c2F)cc1. The van der Waals surface area contributed by atoms with Gasteiger partial charge in [-0.15, -0.1) is 0 Å². The number of carbonyl (C=O) groups excluding carboxylic acids is 1. The molecule has 3 aromatic carbocycles. The molecule has 0 radical (unpaired) electrons. The molecule has 32 heavy (non-hydrogen) atoms. The number of rotatable bonds is 7. The van der Waals surface area contributed by atoms with E-state index in [2.05, 4.69) is 13.2 Å². The van der Waals surface area contributed by atoms with Gasteiger partial charge in [0.2, 0.25) is 6.29 Å². The number of aliphatic hydroxyl groups excluding tert-OH is 1. The number of carbonyl (C=O) groups is 1. The fourth-order valence-corrected chi connectivity index (χ4v) is 2.83. The van der Waals surface area contributed by atoms with Crippen LogP contribution in [0.5, 0.6) is 11.5 Å². The van der Waals surface area contributed by atoms with Crippen LogP contribution < -0.4 is 9.47 Å². The molecule has 3 aromatic rings. The lowest BCUT2D eigenvalue weighted by atomic mass is 9.98. The second-order valence-corrected chi connectivity index (χ2v) is 7.32. The molecule has 0 saturated carbocycles. The van der Waals surface area contributed by atoms with Crippen molar-refractivity contribution in [2.45, 2.75) is 20.1 Å². The molecule has 1 unspecified atom stereocenters. The number of benzene rings is 3. The van der Waals surface area contributed by atoms with Crippen LogP contribution in [-0.4, -0.2) is 17.4 Å². The minimum Gasteiger partial charge on any atom is -0.461 e. The highest BCUT2D eigenvalue weighted by Gasteiger charge is 2.17. The van der Waals surface area contributed by atoms with Gasteiger partial charge in [0, 0.05) is 16.7 Å². The summed E-state index contributed by atoms with van der Waals surface area (Å²) in [7, 11) is 0. The lowest BCUT2D eigenvalue weighted by Crippen LogP contribution is -2.15. The van der Waals surface area contributed by atoms with Gasteiger partial charge in [0.25, 0.3) is 0 Å². The molecule has 0 saturated heterocycles. The highest BCUT2D eigenvalue weighted by atomic mass is 19.2. The lowest BCUT2D eigenvalue weighted by Gasteiger charge is -2.14. The summed E-state index contributed by atoms with van der Waals surface area (Å²) in [5.74, 6) is -1.90. The molecule has 0 spiro atoms. The van der Waals surface area contributed by atoms with Gasteiger partial charge in [0.15, 0.2) is 11.6 Å². The Morgan fingerprint density at radius 3 is 1.66 bits per heavy atom. The van der Waals surface area contributed by atoms with E-state index in [4.69, 9.17) is 9.47 Å². The van der Waals surface area contributed by atoms with Crippen LogP contribution in [0.25, 0.3) is 22.3 Å². The zero-order valence-electron chi connectivity index (χ0n) is 17.7. The van der Waals surface area contributed by atoms with Gasteiger partial charge in [-0.1, -0.05) is 49.6 Å². The molecular formula is C26H22F2O4. The molecule has 0 amide bonds. The van der Waals surface area contributed by atoms with Crippen molar-refractivity contribution in [1.82, 2.24) is 0 Å². The molecule has 3 rings (SSSR count). The predicted octanol–water partition coefficient (Wildman–Crippen LogP) is 6.05. The maximum atomic E-state index is 14.9. The summed E-state index contributed by atoms with van der Waals surface area (Å²) < 4.78 is 40.1. The number of halogens is 2. The molecule has 4 nitrogen and oxygen atoms in total. The minimum atomic E-state index is -1.15. The maximum absolute atomic E-state index is 14.9. The standard InChI is InChI=1S/C26H22F2O4/c1-15(2)25(29)31-19-9-5-17(6-10-19)21-13-14-22(24(28)23(21)27)18-7-11-20(12-8-18)32-26(30)16(3)4/h5-14,25,29H,1,3H2,2,4H3. The van der Waals surface area contributed by atoms with Crippen molar-refractivity contribution in [2.24, 2.45) is 0 Å². The van der Waals surface area contributed by atoms with E-state index in [0.717, 1.165) is 0 Å². The largest absolute Gasteiger partial charge is 0.461 e. The van der Waals surface area contributed by atoms with E-state index in [1.54, 1.807) is 31.2 Å². The van der Waals surface area contributed by atoms with Crippen LogP contribution in [-0.2, 0) is 4.79 Å². The third kappa shape index (κ3) is 5.10.